The maximum atomic E-state index is 12.5. The number of aliphatic carboxylic acids is 1. The van der Waals surface area contributed by atoms with Gasteiger partial charge in [-0.25, -0.2) is 4.79 Å². The highest BCUT2D eigenvalue weighted by molar-refractivity contribution is 5.98. The molecule has 1 aromatic carbocycles. The van der Waals surface area contributed by atoms with Crippen molar-refractivity contribution in [3.05, 3.63) is 29.8 Å². The number of amides is 1. The highest BCUT2D eigenvalue weighted by Crippen LogP contribution is 2.29. The summed E-state index contributed by atoms with van der Waals surface area (Å²) in [5, 5.41) is 12.3. The molecule has 7 heteroatoms. The highest BCUT2D eigenvalue weighted by atomic mass is 16.5. The van der Waals surface area contributed by atoms with E-state index in [1.807, 2.05) is 0 Å². The fraction of sp³-hybridized carbons (Fsp3) is 0.600. The van der Waals surface area contributed by atoms with Crippen molar-refractivity contribution >= 4 is 11.9 Å². The van der Waals surface area contributed by atoms with Crippen LogP contribution in [0.4, 0.5) is 0 Å². The third-order valence-electron chi connectivity index (χ3n) is 5.37. The Labute approximate surface area is 159 Å². The average molecular weight is 376 g/mol. The molecule has 1 aliphatic carbocycles. The van der Waals surface area contributed by atoms with Crippen molar-refractivity contribution in [3.8, 4) is 5.75 Å². The molecule has 148 valence electrons. The van der Waals surface area contributed by atoms with Gasteiger partial charge in [0.15, 0.2) is 0 Å². The number of ether oxygens (including phenoxy) is 2. The Kier molecular flexibility index (Phi) is 6.68. The molecule has 1 saturated carbocycles. The van der Waals surface area contributed by atoms with Gasteiger partial charge in [0.05, 0.1) is 13.2 Å². The number of carboxylic acids is 1. The second-order valence-electron chi connectivity index (χ2n) is 7.23. The number of carboxylic acid groups (broad SMARTS) is 1. The van der Waals surface area contributed by atoms with E-state index in [2.05, 4.69) is 10.2 Å². The third kappa shape index (κ3) is 5.20. The predicted molar refractivity (Wildman–Crippen MR) is 100 cm³/mol. The summed E-state index contributed by atoms with van der Waals surface area (Å²) in [5.41, 5.74) is -0.690. The molecule has 0 bridgehead atoms. The Hall–Kier alpha value is -2.12. The smallest absolute Gasteiger partial charge is 0.329 e. The van der Waals surface area contributed by atoms with Crippen LogP contribution in [0.2, 0.25) is 0 Å². The standard InChI is InChI=1S/C20H28N2O5/c23-18(21-20(19(24)25)8-2-1-3-9-20)16-4-6-17(7-5-16)27-15-12-22-10-13-26-14-11-22/h4-7H,1-3,8-15H2,(H,21,23)(H,24,25). The lowest BCUT2D eigenvalue weighted by Gasteiger charge is -2.34. The van der Waals surface area contributed by atoms with Gasteiger partial charge in [0.1, 0.15) is 17.9 Å². The van der Waals surface area contributed by atoms with Crippen LogP contribution in [0, 0.1) is 0 Å². The number of benzene rings is 1. The van der Waals surface area contributed by atoms with E-state index >= 15 is 0 Å². The summed E-state index contributed by atoms with van der Waals surface area (Å²) >= 11 is 0. The molecule has 1 amide bonds. The van der Waals surface area contributed by atoms with E-state index in [4.69, 9.17) is 9.47 Å². The van der Waals surface area contributed by atoms with Gasteiger partial charge in [-0.1, -0.05) is 19.3 Å². The Morgan fingerprint density at radius 2 is 1.78 bits per heavy atom. The van der Waals surface area contributed by atoms with Crippen LogP contribution in [0.1, 0.15) is 42.5 Å². The Balaban J connectivity index is 1.51. The second kappa shape index (κ2) is 9.19. The second-order valence-corrected chi connectivity index (χ2v) is 7.23. The first-order valence-corrected chi connectivity index (χ1v) is 9.68. The van der Waals surface area contributed by atoms with Crippen LogP contribution in [0.15, 0.2) is 24.3 Å². The van der Waals surface area contributed by atoms with Gasteiger partial charge in [-0.15, -0.1) is 0 Å². The average Bonchev–Trinajstić information content (AvgIpc) is 2.70. The number of rotatable bonds is 7. The van der Waals surface area contributed by atoms with Crippen molar-refractivity contribution in [2.24, 2.45) is 0 Å². The van der Waals surface area contributed by atoms with Crippen LogP contribution in [0.3, 0.4) is 0 Å². The normalized spacial score (nSPS) is 20.0. The molecule has 0 radical (unpaired) electrons. The SMILES string of the molecule is O=C(NC1(C(=O)O)CCCCC1)c1ccc(OCCN2CCOCC2)cc1. The molecule has 0 unspecified atom stereocenters. The van der Waals surface area contributed by atoms with Gasteiger partial charge in [-0.05, 0) is 37.1 Å². The van der Waals surface area contributed by atoms with Gasteiger partial charge in [0, 0.05) is 25.2 Å². The van der Waals surface area contributed by atoms with Gasteiger partial charge < -0.3 is 19.9 Å². The first-order valence-electron chi connectivity index (χ1n) is 9.68. The molecule has 1 aromatic rings. The summed E-state index contributed by atoms with van der Waals surface area (Å²) < 4.78 is 11.1. The molecule has 0 aromatic heterocycles. The first kappa shape index (κ1) is 19.6. The topological polar surface area (TPSA) is 88.1 Å². The van der Waals surface area contributed by atoms with Crippen LogP contribution < -0.4 is 10.1 Å². The van der Waals surface area contributed by atoms with Crippen LogP contribution in [-0.4, -0.2) is 66.9 Å². The lowest BCUT2D eigenvalue weighted by molar-refractivity contribution is -0.145. The first-order chi connectivity index (χ1) is 13.1. The zero-order chi connectivity index (χ0) is 19.1. The van der Waals surface area contributed by atoms with Crippen molar-refractivity contribution in [2.45, 2.75) is 37.6 Å². The molecule has 1 aliphatic heterocycles. The molecule has 1 saturated heterocycles. The van der Waals surface area contributed by atoms with Crippen LogP contribution >= 0.6 is 0 Å². The molecule has 2 fully saturated rings. The number of morpholine rings is 1. The molecule has 2 N–H and O–H groups in total. The van der Waals surface area contributed by atoms with Crippen molar-refractivity contribution in [3.63, 3.8) is 0 Å². The van der Waals surface area contributed by atoms with Crippen LogP contribution in [-0.2, 0) is 9.53 Å². The van der Waals surface area contributed by atoms with Gasteiger partial charge in [0.2, 0.25) is 0 Å². The summed E-state index contributed by atoms with van der Waals surface area (Å²) in [6, 6.07) is 6.86. The lowest BCUT2D eigenvalue weighted by Crippen LogP contribution is -2.55. The highest BCUT2D eigenvalue weighted by Gasteiger charge is 2.41. The zero-order valence-corrected chi connectivity index (χ0v) is 15.6. The van der Waals surface area contributed by atoms with E-state index in [-0.39, 0.29) is 5.91 Å². The number of carbonyl (C=O) groups excluding carboxylic acids is 1. The summed E-state index contributed by atoms with van der Waals surface area (Å²) in [6.07, 6.45) is 3.63. The molecule has 27 heavy (non-hydrogen) atoms. The number of nitrogens with one attached hydrogen (secondary N) is 1. The summed E-state index contributed by atoms with van der Waals surface area (Å²) in [4.78, 5) is 26.5. The molecular weight excluding hydrogens is 348 g/mol. The van der Waals surface area contributed by atoms with Crippen LogP contribution in [0.25, 0.3) is 0 Å². The van der Waals surface area contributed by atoms with E-state index < -0.39 is 11.5 Å². The van der Waals surface area contributed by atoms with E-state index in [1.54, 1.807) is 24.3 Å². The Bertz CT molecular complexity index is 634. The minimum Gasteiger partial charge on any atom is -0.492 e. The van der Waals surface area contributed by atoms with Gasteiger partial charge in [0.25, 0.3) is 5.91 Å². The largest absolute Gasteiger partial charge is 0.492 e. The number of carbonyl (C=O) groups is 2. The van der Waals surface area contributed by atoms with Gasteiger partial charge in [-0.3, -0.25) is 9.69 Å². The number of nitrogens with zero attached hydrogens (tertiary/aromatic N) is 1. The maximum Gasteiger partial charge on any atom is 0.329 e. The molecule has 7 nitrogen and oxygen atoms in total. The van der Waals surface area contributed by atoms with Gasteiger partial charge in [-0.2, -0.15) is 0 Å². The number of hydrogen-bond acceptors (Lipinski definition) is 5. The fourth-order valence-electron chi connectivity index (χ4n) is 3.66. The maximum absolute atomic E-state index is 12.5. The quantitative estimate of drug-likeness (QED) is 0.756. The fourth-order valence-corrected chi connectivity index (χ4v) is 3.66. The minimum atomic E-state index is -1.14. The van der Waals surface area contributed by atoms with E-state index in [0.29, 0.717) is 30.8 Å². The lowest BCUT2D eigenvalue weighted by atomic mass is 9.81. The monoisotopic (exact) mass is 376 g/mol. The van der Waals surface area contributed by atoms with Crippen molar-refractivity contribution in [2.75, 3.05) is 39.5 Å². The Morgan fingerprint density at radius 3 is 2.41 bits per heavy atom. The van der Waals surface area contributed by atoms with E-state index in [9.17, 15) is 14.7 Å². The summed E-state index contributed by atoms with van der Waals surface area (Å²) in [5.74, 6) is -0.594. The summed E-state index contributed by atoms with van der Waals surface area (Å²) in [7, 11) is 0. The third-order valence-corrected chi connectivity index (χ3v) is 5.37. The summed E-state index contributed by atoms with van der Waals surface area (Å²) in [6.45, 7) is 4.80. The predicted octanol–water partition coefficient (Wildman–Crippen LogP) is 1.91. The molecule has 2 aliphatic rings. The molecule has 0 atom stereocenters. The van der Waals surface area contributed by atoms with E-state index in [1.165, 1.54) is 0 Å². The van der Waals surface area contributed by atoms with Gasteiger partial charge >= 0.3 is 5.97 Å². The minimum absolute atomic E-state index is 0.348. The van der Waals surface area contributed by atoms with Crippen LogP contribution in [0.5, 0.6) is 5.75 Å². The van der Waals surface area contributed by atoms with Crippen molar-refractivity contribution in [1.82, 2.24) is 10.2 Å². The van der Waals surface area contributed by atoms with E-state index in [0.717, 1.165) is 52.1 Å². The van der Waals surface area contributed by atoms with Crippen molar-refractivity contribution < 1.29 is 24.2 Å². The molecule has 3 rings (SSSR count). The molecule has 1 heterocycles. The Morgan fingerprint density at radius 1 is 1.11 bits per heavy atom. The molecule has 0 spiro atoms. The van der Waals surface area contributed by atoms with Crippen molar-refractivity contribution in [1.29, 1.82) is 0 Å². The number of hydrogen-bond donors (Lipinski definition) is 2. The zero-order valence-electron chi connectivity index (χ0n) is 15.6. The molecular formula is C20H28N2O5.